The Bertz CT molecular complexity index is 620. The number of rotatable bonds is 4. The molecule has 0 saturated heterocycles. The number of nitrogens with one attached hydrogen (secondary N) is 1. The molecule has 0 unspecified atom stereocenters. The van der Waals surface area contributed by atoms with E-state index in [1.54, 1.807) is 29.5 Å². The van der Waals surface area contributed by atoms with E-state index in [0.717, 1.165) is 10.4 Å². The van der Waals surface area contributed by atoms with Crippen molar-refractivity contribution in [2.24, 2.45) is 0 Å². The molecule has 0 spiro atoms. The van der Waals surface area contributed by atoms with Gasteiger partial charge < -0.3 is 10.1 Å². The lowest BCUT2D eigenvalue weighted by Crippen LogP contribution is -2.15. The zero-order valence-corrected chi connectivity index (χ0v) is 12.1. The number of carbonyl (C=O) groups is 2. The average Bonchev–Trinajstić information content (AvgIpc) is 2.93. The Morgan fingerprint density at radius 3 is 2.70 bits per heavy atom. The first-order valence-corrected chi connectivity index (χ1v) is 6.99. The number of aryl methyl sites for hydroxylation is 1. The quantitative estimate of drug-likeness (QED) is 0.880. The summed E-state index contributed by atoms with van der Waals surface area (Å²) in [7, 11) is 1.34. The molecule has 1 aromatic carbocycles. The molecule has 4 nitrogen and oxygen atoms in total. The molecule has 1 amide bonds. The molecule has 0 bridgehead atoms. The van der Waals surface area contributed by atoms with Crippen LogP contribution in [0.1, 0.15) is 20.8 Å². The molecule has 0 aliphatic rings. The van der Waals surface area contributed by atoms with Crippen molar-refractivity contribution >= 4 is 28.9 Å². The number of benzene rings is 1. The van der Waals surface area contributed by atoms with Gasteiger partial charge in [-0.1, -0.05) is 6.07 Å². The van der Waals surface area contributed by atoms with E-state index in [1.165, 1.54) is 7.11 Å². The number of thiophene rings is 1. The molecule has 0 aliphatic heterocycles. The zero-order valence-electron chi connectivity index (χ0n) is 11.3. The molecule has 2 aromatic rings. The van der Waals surface area contributed by atoms with Crippen LogP contribution in [0.5, 0.6) is 0 Å². The highest BCUT2D eigenvalue weighted by atomic mass is 32.1. The number of amides is 1. The smallest absolute Gasteiger partial charge is 0.337 e. The van der Waals surface area contributed by atoms with Gasteiger partial charge in [-0.3, -0.25) is 4.79 Å². The monoisotopic (exact) mass is 289 g/mol. The van der Waals surface area contributed by atoms with Gasteiger partial charge in [-0.2, -0.15) is 0 Å². The van der Waals surface area contributed by atoms with Crippen molar-refractivity contribution in [2.75, 3.05) is 12.4 Å². The van der Waals surface area contributed by atoms with E-state index in [0.29, 0.717) is 17.7 Å². The SMILES string of the molecule is COC(=O)c1ccc(NC(=O)Cc2cccs2)c(C)c1. The van der Waals surface area contributed by atoms with Crippen LogP contribution in [0.3, 0.4) is 0 Å². The van der Waals surface area contributed by atoms with Gasteiger partial charge in [-0.15, -0.1) is 11.3 Å². The van der Waals surface area contributed by atoms with Crippen LogP contribution in [0.4, 0.5) is 5.69 Å². The number of methoxy groups -OCH3 is 1. The first-order valence-electron chi connectivity index (χ1n) is 6.11. The lowest BCUT2D eigenvalue weighted by Gasteiger charge is -2.09. The lowest BCUT2D eigenvalue weighted by molar-refractivity contribution is -0.115. The number of hydrogen-bond donors (Lipinski definition) is 1. The molecule has 5 heteroatoms. The average molecular weight is 289 g/mol. The van der Waals surface area contributed by atoms with Crippen LogP contribution in [0, 0.1) is 6.92 Å². The van der Waals surface area contributed by atoms with Crippen molar-refractivity contribution in [3.63, 3.8) is 0 Å². The van der Waals surface area contributed by atoms with Gasteiger partial charge in [0.05, 0.1) is 19.1 Å². The summed E-state index contributed by atoms with van der Waals surface area (Å²) in [5, 5.41) is 4.79. The van der Waals surface area contributed by atoms with Gasteiger partial charge in [0, 0.05) is 10.6 Å². The normalized spacial score (nSPS) is 10.1. The molecule has 0 saturated carbocycles. The van der Waals surface area contributed by atoms with Crippen LogP contribution in [-0.4, -0.2) is 19.0 Å². The summed E-state index contributed by atoms with van der Waals surface area (Å²) in [5.74, 6) is -0.453. The fourth-order valence-corrected chi connectivity index (χ4v) is 2.52. The number of carbonyl (C=O) groups excluding carboxylic acids is 2. The molecule has 2 rings (SSSR count). The van der Waals surface area contributed by atoms with Gasteiger partial charge in [0.15, 0.2) is 0 Å². The van der Waals surface area contributed by atoms with Gasteiger partial charge in [0.1, 0.15) is 0 Å². The first kappa shape index (κ1) is 14.3. The van der Waals surface area contributed by atoms with E-state index in [4.69, 9.17) is 0 Å². The van der Waals surface area contributed by atoms with Crippen molar-refractivity contribution in [3.05, 3.63) is 51.7 Å². The molecule has 1 heterocycles. The summed E-state index contributed by atoms with van der Waals surface area (Å²) in [6.45, 7) is 1.84. The predicted molar refractivity (Wildman–Crippen MR) is 79.2 cm³/mol. The van der Waals surface area contributed by atoms with Gasteiger partial charge in [-0.05, 0) is 42.1 Å². The summed E-state index contributed by atoms with van der Waals surface area (Å²) in [6, 6.07) is 8.90. The minimum atomic E-state index is -0.385. The highest BCUT2D eigenvalue weighted by molar-refractivity contribution is 7.10. The van der Waals surface area contributed by atoms with Crippen LogP contribution in [-0.2, 0) is 16.0 Å². The second-order valence-electron chi connectivity index (χ2n) is 4.33. The van der Waals surface area contributed by atoms with Crippen LogP contribution in [0.25, 0.3) is 0 Å². The standard InChI is InChI=1S/C15H15NO3S/c1-10-8-11(15(18)19-2)5-6-13(10)16-14(17)9-12-4-3-7-20-12/h3-8H,9H2,1-2H3,(H,16,17). The van der Waals surface area contributed by atoms with Crippen LogP contribution < -0.4 is 5.32 Å². The van der Waals surface area contributed by atoms with Crippen LogP contribution >= 0.6 is 11.3 Å². The second kappa shape index (κ2) is 6.34. The van der Waals surface area contributed by atoms with E-state index < -0.39 is 0 Å². The molecule has 1 aromatic heterocycles. The number of ether oxygens (including phenoxy) is 1. The topological polar surface area (TPSA) is 55.4 Å². The van der Waals surface area contributed by atoms with Crippen LogP contribution in [0.2, 0.25) is 0 Å². The Morgan fingerprint density at radius 1 is 1.30 bits per heavy atom. The Balaban J connectivity index is 2.06. The summed E-state index contributed by atoms with van der Waals surface area (Å²) in [6.07, 6.45) is 0.357. The lowest BCUT2D eigenvalue weighted by atomic mass is 10.1. The highest BCUT2D eigenvalue weighted by Gasteiger charge is 2.10. The van der Waals surface area contributed by atoms with Crippen LogP contribution in [0.15, 0.2) is 35.7 Å². The summed E-state index contributed by atoms with van der Waals surface area (Å²) in [4.78, 5) is 24.3. The van der Waals surface area contributed by atoms with Crippen molar-refractivity contribution in [3.8, 4) is 0 Å². The molecule has 0 radical (unpaired) electrons. The molecule has 0 atom stereocenters. The van der Waals surface area contributed by atoms with E-state index in [2.05, 4.69) is 10.1 Å². The van der Waals surface area contributed by atoms with Gasteiger partial charge >= 0.3 is 5.97 Å². The zero-order chi connectivity index (χ0) is 14.5. The van der Waals surface area contributed by atoms with E-state index in [-0.39, 0.29) is 11.9 Å². The fourth-order valence-electron chi connectivity index (χ4n) is 1.81. The second-order valence-corrected chi connectivity index (χ2v) is 5.36. The number of anilines is 1. The molecule has 0 aliphatic carbocycles. The van der Waals surface area contributed by atoms with E-state index >= 15 is 0 Å². The van der Waals surface area contributed by atoms with Gasteiger partial charge in [0.25, 0.3) is 0 Å². The van der Waals surface area contributed by atoms with Crippen molar-refractivity contribution in [1.29, 1.82) is 0 Å². The molecule has 0 fully saturated rings. The van der Waals surface area contributed by atoms with E-state index in [9.17, 15) is 9.59 Å². The molecular formula is C15H15NO3S. The summed E-state index contributed by atoms with van der Waals surface area (Å²) < 4.78 is 4.66. The summed E-state index contributed by atoms with van der Waals surface area (Å²) in [5.41, 5.74) is 2.01. The maximum absolute atomic E-state index is 11.9. The Kier molecular flexibility index (Phi) is 4.53. The maximum atomic E-state index is 11.9. The van der Waals surface area contributed by atoms with Gasteiger partial charge in [-0.25, -0.2) is 4.79 Å². The first-order chi connectivity index (χ1) is 9.60. The van der Waals surface area contributed by atoms with Gasteiger partial charge in [0.2, 0.25) is 5.91 Å². The maximum Gasteiger partial charge on any atom is 0.337 e. The highest BCUT2D eigenvalue weighted by Crippen LogP contribution is 2.18. The van der Waals surface area contributed by atoms with Crippen molar-refractivity contribution in [2.45, 2.75) is 13.3 Å². The third kappa shape index (κ3) is 3.45. The third-order valence-electron chi connectivity index (χ3n) is 2.84. The Hall–Kier alpha value is -2.14. The van der Waals surface area contributed by atoms with Crippen molar-refractivity contribution < 1.29 is 14.3 Å². The number of hydrogen-bond acceptors (Lipinski definition) is 4. The molecule has 1 N–H and O–H groups in total. The van der Waals surface area contributed by atoms with E-state index in [1.807, 2.05) is 24.4 Å². The minimum Gasteiger partial charge on any atom is -0.465 e. The Labute approximate surface area is 121 Å². The number of esters is 1. The third-order valence-corrected chi connectivity index (χ3v) is 3.71. The Morgan fingerprint density at radius 2 is 2.10 bits per heavy atom. The predicted octanol–water partition coefficient (Wildman–Crippen LogP) is 3.02. The largest absolute Gasteiger partial charge is 0.465 e. The fraction of sp³-hybridized carbons (Fsp3) is 0.200. The summed E-state index contributed by atoms with van der Waals surface area (Å²) >= 11 is 1.55. The van der Waals surface area contributed by atoms with Crippen molar-refractivity contribution in [1.82, 2.24) is 0 Å². The molecular weight excluding hydrogens is 274 g/mol. The molecule has 20 heavy (non-hydrogen) atoms. The minimum absolute atomic E-state index is 0.0682. The molecule has 104 valence electrons.